The molecule has 2 atom stereocenters. The number of anilines is 1. The van der Waals surface area contributed by atoms with Crippen molar-refractivity contribution in [3.05, 3.63) is 12.5 Å². The highest BCUT2D eigenvalue weighted by atomic mass is 15.3. The van der Waals surface area contributed by atoms with Gasteiger partial charge in [0, 0.05) is 26.2 Å². The van der Waals surface area contributed by atoms with Crippen molar-refractivity contribution < 1.29 is 0 Å². The van der Waals surface area contributed by atoms with Crippen molar-refractivity contribution in [2.45, 2.75) is 19.4 Å². The zero-order chi connectivity index (χ0) is 12.7. The lowest BCUT2D eigenvalue weighted by atomic mass is 9.95. The van der Waals surface area contributed by atoms with Gasteiger partial charge in [0.15, 0.2) is 5.65 Å². The summed E-state index contributed by atoms with van der Waals surface area (Å²) in [6.45, 7) is 4.09. The Morgan fingerprint density at radius 1 is 1.39 bits per heavy atom. The molecule has 0 radical (unpaired) electrons. The van der Waals surface area contributed by atoms with Gasteiger partial charge in [-0.1, -0.05) is 6.92 Å². The molecule has 96 valence electrons. The van der Waals surface area contributed by atoms with Crippen LogP contribution in [0.2, 0.25) is 0 Å². The van der Waals surface area contributed by atoms with Crippen molar-refractivity contribution in [3.63, 3.8) is 0 Å². The molecule has 1 aliphatic rings. The zero-order valence-corrected chi connectivity index (χ0v) is 10.7. The molecule has 0 saturated carbocycles. The van der Waals surface area contributed by atoms with Gasteiger partial charge >= 0.3 is 0 Å². The summed E-state index contributed by atoms with van der Waals surface area (Å²) in [5.41, 5.74) is 6.94. The maximum Gasteiger partial charge on any atom is 0.163 e. The first-order chi connectivity index (χ1) is 8.66. The molecular weight excluding hydrogens is 228 g/mol. The van der Waals surface area contributed by atoms with E-state index in [1.54, 1.807) is 11.0 Å². The molecule has 1 aliphatic heterocycles. The smallest absolute Gasteiger partial charge is 0.163 e. The van der Waals surface area contributed by atoms with Crippen molar-refractivity contribution in [2.24, 2.45) is 18.7 Å². The van der Waals surface area contributed by atoms with Gasteiger partial charge in [0.05, 0.1) is 11.6 Å². The van der Waals surface area contributed by atoms with Gasteiger partial charge in [0.25, 0.3) is 0 Å². The standard InChI is InChI=1S/C12H18N6/c1-8-6-18(4-3-10(8)13)12-9-5-16-17(2)11(9)14-7-15-12/h5,7-8,10H,3-4,6,13H2,1-2H3. The van der Waals surface area contributed by atoms with E-state index in [4.69, 9.17) is 5.73 Å². The maximum absolute atomic E-state index is 6.06. The average Bonchev–Trinajstić information content (AvgIpc) is 2.75. The molecule has 0 bridgehead atoms. The number of nitrogens with zero attached hydrogens (tertiary/aromatic N) is 5. The molecule has 2 N–H and O–H groups in total. The summed E-state index contributed by atoms with van der Waals surface area (Å²) in [5, 5.41) is 5.26. The van der Waals surface area contributed by atoms with Gasteiger partial charge in [-0.05, 0) is 12.3 Å². The highest BCUT2D eigenvalue weighted by molar-refractivity contribution is 5.86. The molecule has 6 nitrogen and oxygen atoms in total. The summed E-state index contributed by atoms with van der Waals surface area (Å²) in [7, 11) is 1.90. The van der Waals surface area contributed by atoms with E-state index in [0.717, 1.165) is 36.4 Å². The third kappa shape index (κ3) is 1.73. The highest BCUT2D eigenvalue weighted by Gasteiger charge is 2.25. The Balaban J connectivity index is 1.99. The summed E-state index contributed by atoms with van der Waals surface area (Å²) in [5.74, 6) is 1.47. The van der Waals surface area contributed by atoms with Gasteiger partial charge in [-0.15, -0.1) is 0 Å². The summed E-state index contributed by atoms with van der Waals surface area (Å²) in [6, 6.07) is 0.299. The van der Waals surface area contributed by atoms with E-state index in [2.05, 4.69) is 26.9 Å². The molecule has 3 rings (SSSR count). The Morgan fingerprint density at radius 3 is 3.00 bits per heavy atom. The van der Waals surface area contributed by atoms with Gasteiger partial charge < -0.3 is 10.6 Å². The molecule has 0 aliphatic carbocycles. The quantitative estimate of drug-likeness (QED) is 0.795. The van der Waals surface area contributed by atoms with Crippen LogP contribution in [-0.4, -0.2) is 38.9 Å². The fraction of sp³-hybridized carbons (Fsp3) is 0.583. The number of aryl methyl sites for hydroxylation is 1. The second-order valence-electron chi connectivity index (χ2n) is 5.08. The number of rotatable bonds is 1. The lowest BCUT2D eigenvalue weighted by Gasteiger charge is -2.35. The SMILES string of the molecule is CC1CN(c2ncnc3c2cnn3C)CCC1N. The van der Waals surface area contributed by atoms with Gasteiger partial charge in [0.1, 0.15) is 12.1 Å². The van der Waals surface area contributed by atoms with Gasteiger partial charge in [-0.25, -0.2) is 9.97 Å². The van der Waals surface area contributed by atoms with Gasteiger partial charge in [-0.3, -0.25) is 4.68 Å². The molecule has 2 aromatic heterocycles. The molecule has 2 unspecified atom stereocenters. The number of fused-ring (bicyclic) bond motifs is 1. The summed E-state index contributed by atoms with van der Waals surface area (Å²) < 4.78 is 1.78. The number of nitrogens with two attached hydrogens (primary N) is 1. The molecule has 1 saturated heterocycles. The Hall–Kier alpha value is -1.69. The lowest BCUT2D eigenvalue weighted by Crippen LogP contribution is -2.46. The monoisotopic (exact) mass is 246 g/mol. The van der Waals surface area contributed by atoms with Crippen LogP contribution in [0.3, 0.4) is 0 Å². The lowest BCUT2D eigenvalue weighted by molar-refractivity contribution is 0.382. The minimum Gasteiger partial charge on any atom is -0.356 e. The first kappa shape index (κ1) is 11.4. The maximum atomic E-state index is 6.06. The van der Waals surface area contributed by atoms with Crippen molar-refractivity contribution in [1.29, 1.82) is 0 Å². The van der Waals surface area contributed by atoms with E-state index in [0.29, 0.717) is 12.0 Å². The first-order valence-corrected chi connectivity index (χ1v) is 6.30. The topological polar surface area (TPSA) is 72.9 Å². The number of hydrogen-bond donors (Lipinski definition) is 1. The summed E-state index contributed by atoms with van der Waals surface area (Å²) in [4.78, 5) is 11.0. The molecule has 6 heteroatoms. The Kier molecular flexibility index (Phi) is 2.66. The fourth-order valence-corrected chi connectivity index (χ4v) is 2.56. The predicted molar refractivity (Wildman–Crippen MR) is 70.3 cm³/mol. The van der Waals surface area contributed by atoms with Crippen LogP contribution >= 0.6 is 0 Å². The van der Waals surface area contributed by atoms with Crippen LogP contribution in [0.1, 0.15) is 13.3 Å². The minimum absolute atomic E-state index is 0.299. The first-order valence-electron chi connectivity index (χ1n) is 6.30. The van der Waals surface area contributed by atoms with Crippen molar-refractivity contribution in [2.75, 3.05) is 18.0 Å². The van der Waals surface area contributed by atoms with Crippen molar-refractivity contribution >= 4 is 16.9 Å². The van der Waals surface area contributed by atoms with E-state index in [-0.39, 0.29) is 0 Å². The van der Waals surface area contributed by atoms with E-state index >= 15 is 0 Å². The van der Waals surface area contributed by atoms with Crippen LogP contribution in [0.15, 0.2) is 12.5 Å². The van der Waals surface area contributed by atoms with Gasteiger partial charge in [0.2, 0.25) is 0 Å². The van der Waals surface area contributed by atoms with Crippen LogP contribution in [0.5, 0.6) is 0 Å². The Labute approximate surface area is 106 Å². The van der Waals surface area contributed by atoms with Crippen LogP contribution < -0.4 is 10.6 Å². The second-order valence-corrected chi connectivity index (χ2v) is 5.08. The molecule has 2 aromatic rings. The average molecular weight is 246 g/mol. The van der Waals surface area contributed by atoms with Crippen LogP contribution in [0.4, 0.5) is 5.82 Å². The highest BCUT2D eigenvalue weighted by Crippen LogP contribution is 2.26. The molecule has 0 aromatic carbocycles. The largest absolute Gasteiger partial charge is 0.356 e. The molecule has 0 spiro atoms. The van der Waals surface area contributed by atoms with E-state index in [1.807, 2.05) is 13.2 Å². The summed E-state index contributed by atoms with van der Waals surface area (Å²) >= 11 is 0. The summed E-state index contributed by atoms with van der Waals surface area (Å²) in [6.07, 6.45) is 4.45. The fourth-order valence-electron chi connectivity index (χ4n) is 2.56. The number of piperidine rings is 1. The molecule has 3 heterocycles. The predicted octanol–water partition coefficient (Wildman–Crippen LogP) is 0.537. The zero-order valence-electron chi connectivity index (χ0n) is 10.7. The van der Waals surface area contributed by atoms with Crippen LogP contribution in [0.25, 0.3) is 11.0 Å². The Bertz CT molecular complexity index is 563. The number of aromatic nitrogens is 4. The third-order valence-corrected chi connectivity index (χ3v) is 3.78. The Morgan fingerprint density at radius 2 is 2.22 bits per heavy atom. The molecule has 18 heavy (non-hydrogen) atoms. The minimum atomic E-state index is 0.299. The van der Waals surface area contributed by atoms with E-state index in [9.17, 15) is 0 Å². The molecular formula is C12H18N6. The van der Waals surface area contributed by atoms with E-state index in [1.165, 1.54) is 0 Å². The van der Waals surface area contributed by atoms with Crippen LogP contribution in [0, 0.1) is 5.92 Å². The normalized spacial score (nSPS) is 24.7. The second kappa shape index (κ2) is 4.20. The molecule has 0 amide bonds. The third-order valence-electron chi connectivity index (χ3n) is 3.78. The number of hydrogen-bond acceptors (Lipinski definition) is 5. The van der Waals surface area contributed by atoms with Crippen LogP contribution in [-0.2, 0) is 7.05 Å². The van der Waals surface area contributed by atoms with E-state index < -0.39 is 0 Å². The van der Waals surface area contributed by atoms with Crippen molar-refractivity contribution in [3.8, 4) is 0 Å². The van der Waals surface area contributed by atoms with Crippen molar-refractivity contribution in [1.82, 2.24) is 19.7 Å². The van der Waals surface area contributed by atoms with Gasteiger partial charge in [-0.2, -0.15) is 5.10 Å². The molecule has 1 fully saturated rings.